The fraction of sp³-hybridized carbons (Fsp3) is 0.167. The lowest BCUT2D eigenvalue weighted by atomic mass is 10.0. The summed E-state index contributed by atoms with van der Waals surface area (Å²) in [6.07, 6.45) is 0. The van der Waals surface area contributed by atoms with Crippen molar-refractivity contribution in [1.82, 2.24) is 5.16 Å². The summed E-state index contributed by atoms with van der Waals surface area (Å²) < 4.78 is 4.97. The van der Waals surface area contributed by atoms with Gasteiger partial charge in [-0.3, -0.25) is 4.79 Å². The molecule has 0 fully saturated rings. The summed E-state index contributed by atoms with van der Waals surface area (Å²) in [5.74, 6) is 0.535. The van der Waals surface area contributed by atoms with Crippen LogP contribution in [0.2, 0.25) is 0 Å². The zero-order valence-corrected chi connectivity index (χ0v) is 8.65. The maximum Gasteiger partial charge on any atom is 0.198 e. The zero-order valence-electron chi connectivity index (χ0n) is 8.65. The van der Waals surface area contributed by atoms with Gasteiger partial charge in [-0.2, -0.15) is 0 Å². The van der Waals surface area contributed by atoms with Gasteiger partial charge < -0.3 is 4.52 Å². The molecular weight excluding hydrogens is 190 g/mol. The Hall–Kier alpha value is -1.90. The smallest absolute Gasteiger partial charge is 0.198 e. The molecule has 0 N–H and O–H groups in total. The Morgan fingerprint density at radius 2 is 1.87 bits per heavy atom. The van der Waals surface area contributed by atoms with E-state index in [1.807, 2.05) is 18.2 Å². The molecule has 76 valence electrons. The van der Waals surface area contributed by atoms with Crippen molar-refractivity contribution in [3.05, 3.63) is 52.9 Å². The van der Waals surface area contributed by atoms with Crippen molar-refractivity contribution in [1.29, 1.82) is 0 Å². The lowest BCUT2D eigenvalue weighted by Gasteiger charge is -1.98. The van der Waals surface area contributed by atoms with Crippen molar-refractivity contribution in [2.75, 3.05) is 0 Å². The van der Waals surface area contributed by atoms with Crippen LogP contribution in [0.15, 0.2) is 34.9 Å². The Morgan fingerprint density at radius 3 is 2.40 bits per heavy atom. The van der Waals surface area contributed by atoms with E-state index in [1.165, 1.54) is 0 Å². The first kappa shape index (κ1) is 9.65. The van der Waals surface area contributed by atoms with E-state index < -0.39 is 0 Å². The molecule has 0 radical (unpaired) electrons. The summed E-state index contributed by atoms with van der Waals surface area (Å²) >= 11 is 0. The second-order valence-corrected chi connectivity index (χ2v) is 3.39. The van der Waals surface area contributed by atoms with Gasteiger partial charge in [0.2, 0.25) is 0 Å². The molecule has 15 heavy (non-hydrogen) atoms. The third-order valence-corrected chi connectivity index (χ3v) is 2.30. The molecule has 0 aliphatic rings. The molecule has 3 heteroatoms. The van der Waals surface area contributed by atoms with Gasteiger partial charge in [0.15, 0.2) is 5.78 Å². The molecule has 1 aromatic carbocycles. The van der Waals surface area contributed by atoms with Crippen LogP contribution in [0.3, 0.4) is 0 Å². The van der Waals surface area contributed by atoms with Gasteiger partial charge in [-0.25, -0.2) is 0 Å². The Bertz CT molecular complexity index is 466. The van der Waals surface area contributed by atoms with E-state index in [0.29, 0.717) is 22.6 Å². The topological polar surface area (TPSA) is 43.1 Å². The first-order valence-electron chi connectivity index (χ1n) is 4.73. The van der Waals surface area contributed by atoms with E-state index in [-0.39, 0.29) is 5.78 Å². The second kappa shape index (κ2) is 3.69. The number of hydrogen-bond acceptors (Lipinski definition) is 3. The van der Waals surface area contributed by atoms with E-state index in [4.69, 9.17) is 4.52 Å². The molecule has 0 amide bonds. The maximum absolute atomic E-state index is 12.0. The number of ketones is 1. The molecule has 1 aromatic heterocycles. The van der Waals surface area contributed by atoms with Crippen LogP contribution in [-0.4, -0.2) is 10.9 Å². The van der Waals surface area contributed by atoms with Crippen molar-refractivity contribution in [2.24, 2.45) is 0 Å². The van der Waals surface area contributed by atoms with E-state index in [9.17, 15) is 4.79 Å². The Labute approximate surface area is 87.7 Å². The van der Waals surface area contributed by atoms with E-state index >= 15 is 0 Å². The van der Waals surface area contributed by atoms with Crippen molar-refractivity contribution in [3.8, 4) is 0 Å². The van der Waals surface area contributed by atoms with Crippen molar-refractivity contribution < 1.29 is 9.32 Å². The number of rotatable bonds is 2. The fourth-order valence-electron chi connectivity index (χ4n) is 1.54. The summed E-state index contributed by atoms with van der Waals surface area (Å²) in [7, 11) is 0. The lowest BCUT2D eigenvalue weighted by molar-refractivity contribution is 0.103. The first-order chi connectivity index (χ1) is 7.20. The fourth-order valence-corrected chi connectivity index (χ4v) is 1.54. The van der Waals surface area contributed by atoms with Crippen LogP contribution in [0, 0.1) is 13.8 Å². The number of benzene rings is 1. The first-order valence-corrected chi connectivity index (χ1v) is 4.73. The van der Waals surface area contributed by atoms with Gasteiger partial charge in [0, 0.05) is 5.56 Å². The van der Waals surface area contributed by atoms with Gasteiger partial charge in [0.05, 0.1) is 11.3 Å². The van der Waals surface area contributed by atoms with Gasteiger partial charge in [0.1, 0.15) is 5.76 Å². The van der Waals surface area contributed by atoms with E-state index in [2.05, 4.69) is 5.16 Å². The van der Waals surface area contributed by atoms with Crippen molar-refractivity contribution >= 4 is 5.78 Å². The van der Waals surface area contributed by atoms with Crippen LogP contribution >= 0.6 is 0 Å². The molecule has 0 aliphatic carbocycles. The third kappa shape index (κ3) is 1.68. The van der Waals surface area contributed by atoms with Crippen LogP contribution in [0.4, 0.5) is 0 Å². The summed E-state index contributed by atoms with van der Waals surface area (Å²) in [5.41, 5.74) is 1.87. The van der Waals surface area contributed by atoms with Gasteiger partial charge in [0.25, 0.3) is 0 Å². The molecule has 0 bridgehead atoms. The summed E-state index contributed by atoms with van der Waals surface area (Å²) in [5, 5.41) is 3.77. The molecule has 0 atom stereocenters. The standard InChI is InChI=1S/C12H11NO2/c1-8-11(9(2)15-13-8)12(14)10-6-4-3-5-7-10/h3-7H,1-2H3. The van der Waals surface area contributed by atoms with E-state index in [0.717, 1.165) is 0 Å². The lowest BCUT2D eigenvalue weighted by Crippen LogP contribution is -2.03. The minimum absolute atomic E-state index is 0.0353. The second-order valence-electron chi connectivity index (χ2n) is 3.39. The summed E-state index contributed by atoms with van der Waals surface area (Å²) in [6, 6.07) is 9.13. The molecule has 3 nitrogen and oxygen atoms in total. The van der Waals surface area contributed by atoms with Crippen molar-refractivity contribution in [3.63, 3.8) is 0 Å². The van der Waals surface area contributed by atoms with Crippen LogP contribution in [0.5, 0.6) is 0 Å². The summed E-state index contributed by atoms with van der Waals surface area (Å²) in [4.78, 5) is 12.0. The monoisotopic (exact) mass is 201 g/mol. The zero-order chi connectivity index (χ0) is 10.8. The van der Waals surface area contributed by atoms with Gasteiger partial charge >= 0.3 is 0 Å². The molecule has 0 spiro atoms. The molecule has 2 aromatic rings. The highest BCUT2D eigenvalue weighted by Crippen LogP contribution is 2.17. The number of carbonyl (C=O) groups excluding carboxylic acids is 1. The SMILES string of the molecule is Cc1noc(C)c1C(=O)c1ccccc1. The Balaban J connectivity index is 2.46. The highest BCUT2D eigenvalue weighted by atomic mass is 16.5. The maximum atomic E-state index is 12.0. The van der Waals surface area contributed by atoms with Crippen LogP contribution < -0.4 is 0 Å². The quantitative estimate of drug-likeness (QED) is 0.701. The number of aromatic nitrogens is 1. The number of nitrogens with zero attached hydrogens (tertiary/aromatic N) is 1. The van der Waals surface area contributed by atoms with Gasteiger partial charge in [-0.15, -0.1) is 0 Å². The van der Waals surface area contributed by atoms with Crippen LogP contribution in [0.1, 0.15) is 27.4 Å². The minimum Gasteiger partial charge on any atom is -0.361 e. The molecule has 0 aliphatic heterocycles. The minimum atomic E-state index is -0.0353. The molecule has 1 heterocycles. The predicted octanol–water partition coefficient (Wildman–Crippen LogP) is 2.52. The Morgan fingerprint density at radius 1 is 1.20 bits per heavy atom. The predicted molar refractivity (Wildman–Crippen MR) is 55.9 cm³/mol. The summed E-state index contributed by atoms with van der Waals surface area (Å²) in [6.45, 7) is 3.52. The molecule has 0 saturated carbocycles. The molecule has 0 saturated heterocycles. The van der Waals surface area contributed by atoms with Crippen molar-refractivity contribution in [2.45, 2.75) is 13.8 Å². The van der Waals surface area contributed by atoms with E-state index in [1.54, 1.807) is 26.0 Å². The molecule has 2 rings (SSSR count). The normalized spacial score (nSPS) is 10.3. The number of hydrogen-bond donors (Lipinski definition) is 0. The number of carbonyl (C=O) groups is 1. The molecular formula is C12H11NO2. The Kier molecular flexibility index (Phi) is 2.37. The van der Waals surface area contributed by atoms with Crippen LogP contribution in [-0.2, 0) is 0 Å². The van der Waals surface area contributed by atoms with Gasteiger partial charge in [-0.05, 0) is 13.8 Å². The number of aryl methyl sites for hydroxylation is 2. The largest absolute Gasteiger partial charge is 0.361 e. The average Bonchev–Trinajstić information content (AvgIpc) is 2.59. The molecule has 0 unspecified atom stereocenters. The van der Waals surface area contributed by atoms with Crippen LogP contribution in [0.25, 0.3) is 0 Å². The third-order valence-electron chi connectivity index (χ3n) is 2.30. The highest BCUT2D eigenvalue weighted by molar-refractivity contribution is 6.10. The highest BCUT2D eigenvalue weighted by Gasteiger charge is 2.18. The average molecular weight is 201 g/mol. The van der Waals surface area contributed by atoms with Gasteiger partial charge in [-0.1, -0.05) is 35.5 Å².